The van der Waals surface area contributed by atoms with Gasteiger partial charge in [-0.05, 0) is 49.2 Å². The Morgan fingerprint density at radius 1 is 0.903 bits per heavy atom. The molecule has 0 atom stereocenters. The van der Waals surface area contributed by atoms with Gasteiger partial charge in [0, 0.05) is 37.8 Å². The summed E-state index contributed by atoms with van der Waals surface area (Å²) >= 11 is 0. The fourth-order valence-electron chi connectivity index (χ4n) is 3.64. The predicted molar refractivity (Wildman–Crippen MR) is 121 cm³/mol. The summed E-state index contributed by atoms with van der Waals surface area (Å²) in [6.45, 7) is 5.87. The number of methoxy groups -OCH3 is 1. The normalized spacial score (nSPS) is 15.1. The number of aryl methyl sites for hydroxylation is 2. The number of hydrogen-bond acceptors (Lipinski definition) is 6. The van der Waals surface area contributed by atoms with Gasteiger partial charge in [-0.25, -0.2) is 18.4 Å². The highest BCUT2D eigenvalue weighted by Crippen LogP contribution is 2.26. The Balaban J connectivity index is 1.49. The minimum Gasteiger partial charge on any atom is -0.497 e. The zero-order valence-electron chi connectivity index (χ0n) is 17.9. The van der Waals surface area contributed by atoms with Gasteiger partial charge in [-0.15, -0.1) is 0 Å². The highest BCUT2D eigenvalue weighted by Gasteiger charge is 2.29. The number of hydrogen-bond donors (Lipinski definition) is 0. The largest absolute Gasteiger partial charge is 0.497 e. The van der Waals surface area contributed by atoms with E-state index in [0.717, 1.165) is 34.0 Å². The number of benzene rings is 2. The molecular weight excluding hydrogens is 412 g/mol. The van der Waals surface area contributed by atoms with Crippen molar-refractivity contribution in [1.82, 2.24) is 14.3 Å². The van der Waals surface area contributed by atoms with E-state index < -0.39 is 10.0 Å². The molecule has 1 aliphatic heterocycles. The lowest BCUT2D eigenvalue weighted by Gasteiger charge is -2.34. The molecule has 31 heavy (non-hydrogen) atoms. The summed E-state index contributed by atoms with van der Waals surface area (Å²) in [5.41, 5.74) is 3.80. The smallest absolute Gasteiger partial charge is 0.243 e. The van der Waals surface area contributed by atoms with Crippen LogP contribution in [0, 0.1) is 13.8 Å². The van der Waals surface area contributed by atoms with E-state index in [9.17, 15) is 8.42 Å². The fourth-order valence-corrected chi connectivity index (χ4v) is 5.15. The molecule has 2 aromatic carbocycles. The van der Waals surface area contributed by atoms with Crippen molar-refractivity contribution in [3.05, 3.63) is 66.0 Å². The van der Waals surface area contributed by atoms with Crippen LogP contribution in [0.1, 0.15) is 11.1 Å². The lowest BCUT2D eigenvalue weighted by molar-refractivity contribution is 0.383. The molecule has 0 aliphatic carbocycles. The Morgan fingerprint density at radius 3 is 2.39 bits per heavy atom. The average molecular weight is 439 g/mol. The maximum atomic E-state index is 13.1. The van der Waals surface area contributed by atoms with E-state index in [1.165, 1.54) is 0 Å². The fraction of sp³-hybridized carbons (Fsp3) is 0.304. The van der Waals surface area contributed by atoms with Crippen LogP contribution in [-0.2, 0) is 10.0 Å². The molecule has 0 spiro atoms. The van der Waals surface area contributed by atoms with Crippen LogP contribution in [-0.4, -0.2) is 56.0 Å². The molecule has 0 bridgehead atoms. The number of ether oxygens (including phenoxy) is 1. The second-order valence-corrected chi connectivity index (χ2v) is 9.57. The van der Waals surface area contributed by atoms with Gasteiger partial charge >= 0.3 is 0 Å². The Hall–Kier alpha value is -2.97. The van der Waals surface area contributed by atoms with Gasteiger partial charge in [-0.2, -0.15) is 4.31 Å². The van der Waals surface area contributed by atoms with Crippen LogP contribution in [0.4, 0.5) is 5.82 Å². The van der Waals surface area contributed by atoms with Crippen molar-refractivity contribution >= 4 is 15.8 Å². The standard InChI is InChI=1S/C23H26N4O3S/c1-17-7-8-21(13-18(17)2)31(28,29)27-11-9-26(10-12-27)23-15-22(24-16-25-23)19-5-4-6-20(14-19)30-3/h4-8,13-16H,9-12H2,1-3H3. The van der Waals surface area contributed by atoms with Gasteiger partial charge in [-0.1, -0.05) is 18.2 Å². The van der Waals surface area contributed by atoms with E-state index in [-0.39, 0.29) is 0 Å². The van der Waals surface area contributed by atoms with Gasteiger partial charge in [0.1, 0.15) is 17.9 Å². The molecular formula is C23H26N4O3S. The molecule has 7 nitrogen and oxygen atoms in total. The summed E-state index contributed by atoms with van der Waals surface area (Å²) in [4.78, 5) is 11.3. The molecule has 0 N–H and O–H groups in total. The van der Waals surface area contributed by atoms with Crippen molar-refractivity contribution in [1.29, 1.82) is 0 Å². The summed E-state index contributed by atoms with van der Waals surface area (Å²) in [6.07, 6.45) is 1.54. The van der Waals surface area contributed by atoms with Crippen LogP contribution in [0.25, 0.3) is 11.3 Å². The number of nitrogens with zero attached hydrogens (tertiary/aromatic N) is 4. The van der Waals surface area contributed by atoms with Crippen LogP contribution in [0.5, 0.6) is 5.75 Å². The quantitative estimate of drug-likeness (QED) is 0.609. The van der Waals surface area contributed by atoms with E-state index in [0.29, 0.717) is 31.1 Å². The maximum Gasteiger partial charge on any atom is 0.243 e. The average Bonchev–Trinajstić information content (AvgIpc) is 2.81. The third-order valence-corrected chi connectivity index (χ3v) is 7.59. The van der Waals surface area contributed by atoms with E-state index in [1.54, 1.807) is 29.9 Å². The van der Waals surface area contributed by atoms with Crippen molar-refractivity contribution in [3.63, 3.8) is 0 Å². The zero-order chi connectivity index (χ0) is 22.0. The molecule has 1 aromatic heterocycles. The van der Waals surface area contributed by atoms with Crippen LogP contribution >= 0.6 is 0 Å². The molecule has 1 aliphatic rings. The molecule has 1 fully saturated rings. The SMILES string of the molecule is COc1cccc(-c2cc(N3CCN(S(=O)(=O)c4ccc(C)c(C)c4)CC3)ncn2)c1. The van der Waals surface area contributed by atoms with Gasteiger partial charge < -0.3 is 9.64 Å². The number of aromatic nitrogens is 2. The lowest BCUT2D eigenvalue weighted by Crippen LogP contribution is -2.48. The monoisotopic (exact) mass is 438 g/mol. The number of anilines is 1. The van der Waals surface area contributed by atoms with E-state index in [1.807, 2.05) is 50.2 Å². The molecule has 3 aromatic rings. The Labute approximate surface area is 183 Å². The third kappa shape index (κ3) is 4.40. The van der Waals surface area contributed by atoms with Gasteiger partial charge in [0.25, 0.3) is 0 Å². The van der Waals surface area contributed by atoms with Gasteiger partial charge in [0.2, 0.25) is 10.0 Å². The number of sulfonamides is 1. The first-order valence-corrected chi connectivity index (χ1v) is 11.6. The second-order valence-electron chi connectivity index (χ2n) is 7.63. The van der Waals surface area contributed by atoms with Crippen molar-refractivity contribution < 1.29 is 13.2 Å². The minimum atomic E-state index is -3.51. The molecule has 4 rings (SSSR count). The molecule has 8 heteroatoms. The zero-order valence-corrected chi connectivity index (χ0v) is 18.8. The third-order valence-electron chi connectivity index (χ3n) is 5.70. The molecule has 2 heterocycles. The highest BCUT2D eigenvalue weighted by atomic mass is 32.2. The first-order chi connectivity index (χ1) is 14.9. The van der Waals surface area contributed by atoms with Crippen molar-refractivity contribution in [2.75, 3.05) is 38.2 Å². The van der Waals surface area contributed by atoms with Crippen LogP contribution < -0.4 is 9.64 Å². The van der Waals surface area contributed by atoms with Gasteiger partial charge in [0.15, 0.2) is 0 Å². The van der Waals surface area contributed by atoms with E-state index >= 15 is 0 Å². The van der Waals surface area contributed by atoms with E-state index in [2.05, 4.69) is 14.9 Å². The Bertz CT molecular complexity index is 1190. The summed E-state index contributed by atoms with van der Waals surface area (Å²) in [6, 6.07) is 15.0. The second kappa shape index (κ2) is 8.64. The van der Waals surface area contributed by atoms with Crippen LogP contribution in [0.2, 0.25) is 0 Å². The first kappa shape index (κ1) is 21.3. The van der Waals surface area contributed by atoms with Gasteiger partial charge in [-0.3, -0.25) is 0 Å². The Kier molecular flexibility index (Phi) is 5.93. The van der Waals surface area contributed by atoms with Crippen molar-refractivity contribution in [3.8, 4) is 17.0 Å². The molecule has 1 saturated heterocycles. The first-order valence-electron chi connectivity index (χ1n) is 10.2. The maximum absolute atomic E-state index is 13.1. The van der Waals surface area contributed by atoms with Crippen molar-refractivity contribution in [2.45, 2.75) is 18.7 Å². The van der Waals surface area contributed by atoms with Gasteiger partial charge in [0.05, 0.1) is 17.7 Å². The molecule has 0 radical (unpaired) electrons. The number of rotatable bonds is 5. The molecule has 162 valence electrons. The lowest BCUT2D eigenvalue weighted by atomic mass is 10.1. The van der Waals surface area contributed by atoms with Crippen molar-refractivity contribution in [2.24, 2.45) is 0 Å². The Morgan fingerprint density at radius 2 is 1.68 bits per heavy atom. The summed E-state index contributed by atoms with van der Waals surface area (Å²) < 4.78 is 33.0. The summed E-state index contributed by atoms with van der Waals surface area (Å²) in [5, 5.41) is 0. The summed E-state index contributed by atoms with van der Waals surface area (Å²) in [7, 11) is -1.87. The van der Waals surface area contributed by atoms with Crippen LogP contribution in [0.15, 0.2) is 59.8 Å². The summed E-state index contributed by atoms with van der Waals surface area (Å²) in [5.74, 6) is 1.55. The highest BCUT2D eigenvalue weighted by molar-refractivity contribution is 7.89. The molecule has 0 saturated carbocycles. The predicted octanol–water partition coefficient (Wildman–Crippen LogP) is 3.28. The van der Waals surface area contributed by atoms with Crippen LogP contribution in [0.3, 0.4) is 0 Å². The van der Waals surface area contributed by atoms with E-state index in [4.69, 9.17) is 4.74 Å². The molecule has 0 amide bonds. The number of piperazine rings is 1. The topological polar surface area (TPSA) is 75.6 Å². The molecule has 0 unspecified atom stereocenters. The minimum absolute atomic E-state index is 0.353.